The first kappa shape index (κ1) is 41.7. The normalized spacial score (nSPS) is 11.5. The third-order valence-electron chi connectivity index (χ3n) is 6.80. The number of rotatable bonds is 24. The molecule has 0 amide bonds. The van der Waals surface area contributed by atoms with Crippen LogP contribution in [0.1, 0.15) is 116 Å². The van der Waals surface area contributed by atoms with E-state index in [9.17, 15) is 0 Å². The van der Waals surface area contributed by atoms with Crippen LogP contribution in [0.2, 0.25) is 6.04 Å². The van der Waals surface area contributed by atoms with Gasteiger partial charge in [-0.25, -0.2) is 0 Å². The summed E-state index contributed by atoms with van der Waals surface area (Å²) >= 11 is 0. The zero-order valence-electron chi connectivity index (χ0n) is 24.1. The molecule has 0 aliphatic carbocycles. The second-order valence-corrected chi connectivity index (χ2v) is 13.2. The zero-order valence-corrected chi connectivity index (χ0v) is 26.6. The monoisotopic (exact) mass is 548 g/mol. The van der Waals surface area contributed by atoms with Crippen LogP contribution in [0.25, 0.3) is 0 Å². The molecule has 0 radical (unpaired) electrons. The second-order valence-electron chi connectivity index (χ2n) is 10.1. The van der Waals surface area contributed by atoms with Crippen molar-refractivity contribution in [3.8, 4) is 0 Å². The minimum Gasteiger partial charge on any atom is -1.00 e. The lowest BCUT2D eigenvalue weighted by molar-refractivity contribution is -0.890. The average Bonchev–Trinajstić information content (AvgIpc) is 2.76. The van der Waals surface area contributed by atoms with Gasteiger partial charge in [0.15, 0.2) is 0 Å². The highest BCUT2D eigenvalue weighted by atomic mass is 35.5. The molecule has 0 spiro atoms. The van der Waals surface area contributed by atoms with Crippen molar-refractivity contribution in [2.75, 3.05) is 48.5 Å². The molecule has 0 heterocycles. The van der Waals surface area contributed by atoms with Crippen molar-refractivity contribution in [2.24, 2.45) is 0 Å². The molecule has 0 aromatic carbocycles. The Morgan fingerprint density at radius 2 is 0.794 bits per heavy atom. The van der Waals surface area contributed by atoms with Crippen LogP contribution in [-0.4, -0.2) is 61.8 Å². The highest BCUT2D eigenvalue weighted by Crippen LogP contribution is 2.17. The van der Waals surface area contributed by atoms with Crippen LogP contribution in [0.5, 0.6) is 0 Å². The van der Waals surface area contributed by atoms with Crippen LogP contribution in [0.4, 0.5) is 0 Å². The van der Waals surface area contributed by atoms with Crippen molar-refractivity contribution in [1.29, 1.82) is 0 Å². The van der Waals surface area contributed by atoms with Gasteiger partial charge in [-0.15, -0.1) is 0 Å². The van der Waals surface area contributed by atoms with E-state index in [4.69, 9.17) is 13.3 Å². The number of quaternary nitrogens is 2. The van der Waals surface area contributed by atoms with Crippen molar-refractivity contribution >= 4 is 8.80 Å². The molecule has 212 valence electrons. The van der Waals surface area contributed by atoms with Crippen LogP contribution in [-0.2, 0) is 13.3 Å². The lowest BCUT2D eigenvalue weighted by atomic mass is 10.0. The first-order chi connectivity index (χ1) is 14.9. The number of halogens is 2. The van der Waals surface area contributed by atoms with Gasteiger partial charge in [-0.1, -0.05) is 96.8 Å². The van der Waals surface area contributed by atoms with Crippen molar-refractivity contribution in [3.05, 3.63) is 0 Å². The van der Waals surface area contributed by atoms with E-state index in [1.54, 1.807) is 21.3 Å². The topological polar surface area (TPSA) is 64.2 Å². The van der Waals surface area contributed by atoms with E-state index in [1.807, 2.05) is 0 Å². The summed E-state index contributed by atoms with van der Waals surface area (Å²) in [6, 6.07) is 0.900. The minimum atomic E-state index is -2.40. The third-order valence-corrected chi connectivity index (χ3v) is 9.63. The molecule has 0 rings (SSSR count). The van der Waals surface area contributed by atoms with Crippen LogP contribution in [0, 0.1) is 0 Å². The van der Waals surface area contributed by atoms with Crippen molar-refractivity contribution < 1.29 is 42.6 Å². The van der Waals surface area contributed by atoms with E-state index in [0.717, 1.165) is 23.5 Å². The molecule has 0 atom stereocenters. The molecule has 0 fully saturated rings. The highest BCUT2D eigenvalue weighted by Gasteiger charge is 2.37. The minimum absolute atomic E-state index is 0. The Labute approximate surface area is 227 Å². The van der Waals surface area contributed by atoms with E-state index in [-0.39, 0.29) is 31.0 Å². The van der Waals surface area contributed by atoms with Gasteiger partial charge < -0.3 is 48.7 Å². The molecule has 0 aliphatic heterocycles. The first-order valence-electron chi connectivity index (χ1n) is 13.4. The first-order valence-corrected chi connectivity index (χ1v) is 15.4. The quantitative estimate of drug-likeness (QED) is 0.114. The molecular weight excluding hydrogens is 487 g/mol. The van der Waals surface area contributed by atoms with Gasteiger partial charge in [-0.05, 0) is 12.8 Å². The predicted octanol–water partition coefficient (Wildman–Crippen LogP) is 1.98. The number of unbranched alkanes of at least 4 members (excludes halogenated alkanes) is 15. The maximum absolute atomic E-state index is 5.53. The fourth-order valence-electron chi connectivity index (χ4n) is 4.48. The maximum atomic E-state index is 5.53. The summed E-state index contributed by atoms with van der Waals surface area (Å²) in [7, 11) is 7.40. The summed E-state index contributed by atoms with van der Waals surface area (Å²) in [5.41, 5.74) is 0. The molecule has 5 nitrogen and oxygen atoms in total. The average molecular weight is 550 g/mol. The maximum Gasteiger partial charge on any atom is 0.500 e. The van der Waals surface area contributed by atoms with Gasteiger partial charge in [0.1, 0.15) is 0 Å². The Morgan fingerprint density at radius 1 is 0.500 bits per heavy atom. The fourth-order valence-corrected chi connectivity index (χ4v) is 6.18. The van der Waals surface area contributed by atoms with Gasteiger partial charge in [0, 0.05) is 33.8 Å². The second kappa shape index (κ2) is 28.2. The summed E-state index contributed by atoms with van der Waals surface area (Å²) in [5, 5.41) is 0. The largest absolute Gasteiger partial charge is 1.00 e. The molecule has 34 heavy (non-hydrogen) atoms. The van der Waals surface area contributed by atoms with Crippen molar-refractivity contribution in [1.82, 2.24) is 6.15 Å². The smallest absolute Gasteiger partial charge is 0.500 e. The summed E-state index contributed by atoms with van der Waals surface area (Å²) in [6.45, 7) is 4.72. The van der Waals surface area contributed by atoms with Crippen LogP contribution in [0.3, 0.4) is 0 Å². The fraction of sp³-hybridized carbons (Fsp3) is 1.00. The molecule has 0 bridgehead atoms. The Bertz CT molecular complexity index is 383. The summed E-state index contributed by atoms with van der Waals surface area (Å²) < 4.78 is 17.7. The summed E-state index contributed by atoms with van der Waals surface area (Å²) in [6.07, 6.45) is 24.0. The van der Waals surface area contributed by atoms with Gasteiger partial charge >= 0.3 is 8.80 Å². The van der Waals surface area contributed by atoms with Crippen molar-refractivity contribution in [3.63, 3.8) is 0 Å². The van der Waals surface area contributed by atoms with E-state index in [1.165, 1.54) is 109 Å². The van der Waals surface area contributed by atoms with Crippen LogP contribution >= 0.6 is 0 Å². The van der Waals surface area contributed by atoms with Gasteiger partial charge in [0.25, 0.3) is 0 Å². The highest BCUT2D eigenvalue weighted by molar-refractivity contribution is 6.60. The summed E-state index contributed by atoms with van der Waals surface area (Å²) in [4.78, 5) is 0. The molecule has 0 aliphatic rings. The Kier molecular flexibility index (Phi) is 34.6. The molecule has 4 N–H and O–H groups in total. The SMILES string of the molecule is CCCCCCCCCCCCCCCCCC[N+](C)(C)CCC[Si](OC)(OC)OC.[Cl-].[Cl-].[NH4+]. The lowest BCUT2D eigenvalue weighted by Crippen LogP contribution is -3.00. The zero-order chi connectivity index (χ0) is 23.3. The lowest BCUT2D eigenvalue weighted by Gasteiger charge is -2.31. The Balaban J connectivity index is -0.00000150. The van der Waals surface area contributed by atoms with E-state index in [0.29, 0.717) is 0 Å². The molecule has 8 heteroatoms. The standard InChI is InChI=1S/C26H58NO3Si.2ClH.H3N/c1-7-8-9-10-11-12-13-14-15-16-17-18-19-20-21-22-24-27(2,3)25-23-26-31(28-4,29-5)30-6;;;/h7-26H2,1-6H3;2*1H;1H3/q+1;;;/p-1. The van der Waals surface area contributed by atoms with Gasteiger partial charge in [-0.3, -0.25) is 0 Å². The molecule has 0 aromatic heterocycles. The Hall–Kier alpha value is 0.597. The number of hydrogen-bond acceptors (Lipinski definition) is 3. The number of nitrogens with zero attached hydrogens (tertiary/aromatic N) is 1. The molecule has 0 unspecified atom stereocenters. The third kappa shape index (κ3) is 24.3. The molecule has 0 saturated carbocycles. The molecular formula is C26H62Cl2N2O3Si. The molecule has 0 aromatic rings. The predicted molar refractivity (Wildman–Crippen MR) is 144 cm³/mol. The molecule has 0 saturated heterocycles. The van der Waals surface area contributed by atoms with E-state index >= 15 is 0 Å². The summed E-state index contributed by atoms with van der Waals surface area (Å²) in [5.74, 6) is 0. The Morgan fingerprint density at radius 3 is 1.12 bits per heavy atom. The van der Waals surface area contributed by atoms with Gasteiger partial charge in [0.05, 0.1) is 27.2 Å². The van der Waals surface area contributed by atoms with Crippen molar-refractivity contribution in [2.45, 2.75) is 122 Å². The number of hydrogen-bond donors (Lipinski definition) is 1. The van der Waals surface area contributed by atoms with E-state index in [2.05, 4.69) is 21.0 Å². The van der Waals surface area contributed by atoms with Crippen LogP contribution < -0.4 is 31.0 Å². The van der Waals surface area contributed by atoms with Gasteiger partial charge in [0.2, 0.25) is 0 Å². The van der Waals surface area contributed by atoms with E-state index < -0.39 is 8.80 Å². The van der Waals surface area contributed by atoms with Crippen LogP contribution in [0.15, 0.2) is 0 Å². The van der Waals surface area contributed by atoms with Gasteiger partial charge in [-0.2, -0.15) is 0 Å².